The first-order chi connectivity index (χ1) is 4.04. The number of aliphatic carboxylic acids is 1. The van der Waals surface area contributed by atoms with Gasteiger partial charge in [0.25, 0.3) is 0 Å². The van der Waals surface area contributed by atoms with Crippen LogP contribution in [0.4, 0.5) is 0 Å². The summed E-state index contributed by atoms with van der Waals surface area (Å²) in [6.07, 6.45) is -0.0880. The molecule has 10 heavy (non-hydrogen) atoms. The Morgan fingerprint density at radius 2 is 2.10 bits per heavy atom. The normalized spacial score (nSPS) is 11.4. The van der Waals surface area contributed by atoms with Crippen molar-refractivity contribution in [2.45, 2.75) is 19.4 Å². The minimum absolute atomic E-state index is 0. The number of carboxylic acids is 1. The van der Waals surface area contributed by atoms with Crippen molar-refractivity contribution in [3.63, 3.8) is 0 Å². The van der Waals surface area contributed by atoms with Crippen LogP contribution in [0.3, 0.4) is 0 Å². The van der Waals surface area contributed by atoms with Gasteiger partial charge in [-0.2, -0.15) is 0 Å². The molecule has 1 unspecified atom stereocenters. The number of nitrogens with two attached hydrogens (primary N) is 1. The fourth-order valence-corrected chi connectivity index (χ4v) is 0.397. The van der Waals surface area contributed by atoms with E-state index in [0.717, 1.165) is 0 Å². The zero-order chi connectivity index (χ0) is 7.44. The molecule has 54 valence electrons. The van der Waals surface area contributed by atoms with Gasteiger partial charge in [0.1, 0.15) is 11.8 Å². The summed E-state index contributed by atoms with van der Waals surface area (Å²) in [5.41, 5.74) is 5.00. The van der Waals surface area contributed by atoms with Crippen LogP contribution in [0.15, 0.2) is 0 Å². The van der Waals surface area contributed by atoms with Crippen LogP contribution < -0.4 is 35.3 Å². The Morgan fingerprint density at radius 3 is 2.20 bits per heavy atom. The predicted molar refractivity (Wildman–Crippen MR) is 32.0 cm³/mol. The topological polar surface area (TPSA) is 80.4 Å². The first-order valence-electron chi connectivity index (χ1n) is 2.52. The number of carboxylic acid groups (broad SMARTS) is 1. The molecule has 0 aromatic heterocycles. The van der Waals surface area contributed by atoms with Crippen molar-refractivity contribution >= 4 is 11.8 Å². The van der Waals surface area contributed by atoms with Crippen molar-refractivity contribution in [3.05, 3.63) is 0 Å². The fraction of sp³-hybridized carbons (Fsp3) is 0.600. The number of carbonyl (C=O) groups excluding carboxylic acids is 1. The third-order valence-corrected chi connectivity index (χ3v) is 0.825. The molecule has 0 aliphatic carbocycles. The summed E-state index contributed by atoms with van der Waals surface area (Å²) in [6.45, 7) is 1.31. The predicted octanol–water partition coefficient (Wildman–Crippen LogP) is -3.51. The number of hydrogen-bond acceptors (Lipinski definition) is 3. The molecule has 0 aliphatic rings. The van der Waals surface area contributed by atoms with Gasteiger partial charge in [0.05, 0.1) is 0 Å². The van der Waals surface area contributed by atoms with E-state index in [1.807, 2.05) is 0 Å². The Morgan fingerprint density at radius 1 is 1.70 bits per heavy atom. The van der Waals surface area contributed by atoms with Crippen molar-refractivity contribution in [1.82, 2.24) is 0 Å². The second kappa shape index (κ2) is 5.85. The van der Waals surface area contributed by atoms with Crippen LogP contribution in [0.25, 0.3) is 0 Å². The van der Waals surface area contributed by atoms with Crippen molar-refractivity contribution in [2.24, 2.45) is 5.73 Å². The van der Waals surface area contributed by atoms with E-state index in [1.165, 1.54) is 6.92 Å². The van der Waals surface area contributed by atoms with Gasteiger partial charge < -0.3 is 12.3 Å². The van der Waals surface area contributed by atoms with Crippen LogP contribution >= 0.6 is 0 Å². The molecule has 5 heteroatoms. The molecule has 0 bridgehead atoms. The van der Waals surface area contributed by atoms with Crippen molar-refractivity contribution < 1.29 is 45.7 Å². The first kappa shape index (κ1) is 12.7. The molecule has 1 atom stereocenters. The molecule has 0 saturated heterocycles. The van der Waals surface area contributed by atoms with Crippen molar-refractivity contribution in [3.8, 4) is 0 Å². The molecule has 0 heterocycles. The zero-order valence-corrected chi connectivity index (χ0v) is 8.13. The van der Waals surface area contributed by atoms with E-state index in [9.17, 15) is 9.59 Å². The van der Waals surface area contributed by atoms with Crippen LogP contribution in [0.5, 0.6) is 0 Å². The van der Waals surface area contributed by atoms with Gasteiger partial charge in [-0.25, -0.2) is 0 Å². The molecule has 0 fully saturated rings. The summed E-state index contributed by atoms with van der Waals surface area (Å²) in [4.78, 5) is 20.2. The number of rotatable bonds is 3. The number of Topliss-reactive ketones (excluding diaryl/α,β-unsaturated/α-hetero) is 1. The van der Waals surface area contributed by atoms with Gasteiger partial charge in [-0.15, -0.1) is 0 Å². The van der Waals surface area contributed by atoms with Crippen LogP contribution in [0, 0.1) is 0 Å². The van der Waals surface area contributed by atoms with Gasteiger partial charge in [0.15, 0.2) is 0 Å². The molecule has 0 rings (SSSR count). The van der Waals surface area contributed by atoms with Crippen LogP contribution in [0.2, 0.25) is 0 Å². The third-order valence-electron chi connectivity index (χ3n) is 0.825. The summed E-state index contributed by atoms with van der Waals surface area (Å²) in [7, 11) is 0. The summed E-state index contributed by atoms with van der Waals surface area (Å²) in [5, 5.41) is 8.15. The molecular formula is C5H10NNaO3. The van der Waals surface area contributed by atoms with Gasteiger partial charge in [-0.05, 0) is 6.92 Å². The minimum atomic E-state index is -1.13. The Kier molecular flexibility index (Phi) is 7.46. The molecule has 0 aromatic carbocycles. The minimum Gasteiger partial charge on any atom is -1.00 e. The molecule has 0 amide bonds. The Labute approximate surface area is 82.6 Å². The molecule has 0 aliphatic heterocycles. The third kappa shape index (κ3) is 6.22. The number of ketones is 1. The average Bonchev–Trinajstić information content (AvgIpc) is 1.63. The molecule has 0 saturated carbocycles. The monoisotopic (exact) mass is 155 g/mol. The molecule has 3 N–H and O–H groups in total. The second-order valence-electron chi connectivity index (χ2n) is 1.85. The maximum atomic E-state index is 10.2. The van der Waals surface area contributed by atoms with Crippen LogP contribution in [-0.4, -0.2) is 22.9 Å². The largest absolute Gasteiger partial charge is 1.00 e. The zero-order valence-electron chi connectivity index (χ0n) is 7.13. The molecule has 4 nitrogen and oxygen atoms in total. The Balaban J connectivity index is -0.000000320. The van der Waals surface area contributed by atoms with Crippen LogP contribution in [0.1, 0.15) is 14.8 Å². The number of carbonyl (C=O) groups is 2. The van der Waals surface area contributed by atoms with E-state index in [1.54, 1.807) is 0 Å². The quantitative estimate of drug-likeness (QED) is 0.414. The summed E-state index contributed by atoms with van der Waals surface area (Å²) >= 11 is 0. The van der Waals surface area contributed by atoms with E-state index < -0.39 is 12.0 Å². The smallest absolute Gasteiger partial charge is 1.00 e. The van der Waals surface area contributed by atoms with Crippen molar-refractivity contribution in [1.29, 1.82) is 0 Å². The first-order valence-corrected chi connectivity index (χ1v) is 2.52. The Hall–Kier alpha value is 0.100. The van der Waals surface area contributed by atoms with Gasteiger partial charge in [-0.1, -0.05) is 0 Å². The van der Waals surface area contributed by atoms with E-state index in [0.29, 0.717) is 0 Å². The summed E-state index contributed by atoms with van der Waals surface area (Å²) in [5.74, 6) is -1.34. The summed E-state index contributed by atoms with van der Waals surface area (Å²) < 4.78 is 0. The summed E-state index contributed by atoms with van der Waals surface area (Å²) in [6, 6.07) is -1.04. The van der Waals surface area contributed by atoms with E-state index in [-0.39, 0.29) is 43.2 Å². The molecule has 0 aromatic rings. The van der Waals surface area contributed by atoms with Crippen LogP contribution in [-0.2, 0) is 9.59 Å². The van der Waals surface area contributed by atoms with Gasteiger partial charge in [0, 0.05) is 6.42 Å². The molecule has 0 spiro atoms. The molecule has 0 radical (unpaired) electrons. The van der Waals surface area contributed by atoms with Gasteiger partial charge in [0.2, 0.25) is 0 Å². The fourth-order valence-electron chi connectivity index (χ4n) is 0.397. The average molecular weight is 155 g/mol. The van der Waals surface area contributed by atoms with E-state index >= 15 is 0 Å². The molecular weight excluding hydrogens is 145 g/mol. The van der Waals surface area contributed by atoms with Gasteiger partial charge in [-0.3, -0.25) is 9.59 Å². The van der Waals surface area contributed by atoms with E-state index in [2.05, 4.69) is 0 Å². The number of hydrogen-bond donors (Lipinski definition) is 2. The second-order valence-corrected chi connectivity index (χ2v) is 1.85. The Bertz CT molecular complexity index is 142. The maximum absolute atomic E-state index is 10.2. The maximum Gasteiger partial charge on any atom is 1.00 e. The van der Waals surface area contributed by atoms with Gasteiger partial charge >= 0.3 is 35.5 Å². The standard InChI is InChI=1S/C5H9NO3.Na.H/c1-3(7)2-4(6)5(8)9;;/h4H,2,6H2,1H3,(H,8,9);;/q;+1;-1. The SMILES string of the molecule is CC(=O)CC(N)C(=O)O.[H-].[Na+]. The van der Waals surface area contributed by atoms with E-state index in [4.69, 9.17) is 10.8 Å². The van der Waals surface area contributed by atoms with Crippen molar-refractivity contribution in [2.75, 3.05) is 0 Å².